The number of carbonyl (C=O) groups is 3. The number of methoxy groups -OCH3 is 2. The van der Waals surface area contributed by atoms with Crippen molar-refractivity contribution in [2.24, 2.45) is 0 Å². The van der Waals surface area contributed by atoms with Crippen LogP contribution in [0.3, 0.4) is 0 Å². The molecule has 0 aromatic carbocycles. The number of hydrogen-bond donors (Lipinski definition) is 3. The number of amides is 2. The number of aromatic nitrogens is 4. The fourth-order valence-corrected chi connectivity index (χ4v) is 10.1. The standard InChI is InChI=1S/C26H34FN3O6.C24H32FN3O5/c1-6-34-22(31)16(20-17(27)14-28-18-7-8-19(33-5)29-21(18)20)13-26-11-9-25(10-12-26,15-35-26)30-23(32)36-24(2,3)4;1-22(2,3)33-21(30)28-23-7-9-24(10-8-23,32-14-23)11-15(13-29)19-16(25)12-26-17-5-6-18(31-4)27-20(17)19/h7-8,14,16H,6,9-13,15H2,1-5H3,(H,30,32);5-6,12,15,29H,7-11,13-14H2,1-4H3,(H,28,30). The van der Waals surface area contributed by atoms with E-state index in [1.165, 1.54) is 20.4 Å². The molecule has 2 atom stereocenters. The van der Waals surface area contributed by atoms with Gasteiger partial charge in [-0.3, -0.25) is 14.8 Å². The quantitative estimate of drug-likeness (QED) is 0.0850. The Morgan fingerprint density at radius 1 is 0.696 bits per heavy atom. The number of carbonyl (C=O) groups excluding carboxylic acids is 3. The van der Waals surface area contributed by atoms with Gasteiger partial charge in [0.25, 0.3) is 0 Å². The highest BCUT2D eigenvalue weighted by molar-refractivity contribution is 5.87. The largest absolute Gasteiger partial charge is 0.481 e. The molecule has 2 saturated carbocycles. The summed E-state index contributed by atoms with van der Waals surface area (Å²) in [7, 11) is 2.97. The Labute approximate surface area is 401 Å². The Morgan fingerprint density at radius 3 is 1.52 bits per heavy atom. The van der Waals surface area contributed by atoms with Crippen molar-refractivity contribution in [1.82, 2.24) is 30.6 Å². The smallest absolute Gasteiger partial charge is 0.408 e. The molecule has 19 heteroatoms. The highest BCUT2D eigenvalue weighted by Crippen LogP contribution is 2.50. The predicted molar refractivity (Wildman–Crippen MR) is 249 cm³/mol. The molecule has 4 aliphatic heterocycles. The van der Waals surface area contributed by atoms with E-state index < -0.39 is 75.1 Å². The van der Waals surface area contributed by atoms with Gasteiger partial charge in [-0.05, 0) is 125 Å². The van der Waals surface area contributed by atoms with E-state index in [0.717, 1.165) is 19.0 Å². The van der Waals surface area contributed by atoms with Gasteiger partial charge in [-0.2, -0.15) is 0 Å². The third-order valence-corrected chi connectivity index (χ3v) is 13.6. The number of halogens is 2. The van der Waals surface area contributed by atoms with E-state index >= 15 is 4.39 Å². The summed E-state index contributed by atoms with van der Waals surface area (Å²) in [6, 6.07) is 6.72. The average Bonchev–Trinajstić information content (AvgIpc) is 3.30. The van der Waals surface area contributed by atoms with E-state index in [1.807, 2.05) is 41.5 Å². The Hall–Kier alpha value is -5.53. The van der Waals surface area contributed by atoms with Crippen LogP contribution in [-0.4, -0.2) is 117 Å². The first kappa shape index (κ1) is 51.3. The summed E-state index contributed by atoms with van der Waals surface area (Å²) in [6.07, 6.45) is 7.39. The van der Waals surface area contributed by atoms with Crippen LogP contribution in [0.5, 0.6) is 11.8 Å². The molecular formula is C50H66F2N6O11. The van der Waals surface area contributed by atoms with E-state index in [1.54, 1.807) is 31.2 Å². The third-order valence-electron chi connectivity index (χ3n) is 13.6. The maximum atomic E-state index is 15.3. The molecule has 3 N–H and O–H groups in total. The van der Waals surface area contributed by atoms with Crippen LogP contribution in [-0.2, 0) is 28.5 Å². The average molecular weight is 965 g/mol. The van der Waals surface area contributed by atoms with Crippen molar-refractivity contribution in [2.75, 3.05) is 40.6 Å². The van der Waals surface area contributed by atoms with Gasteiger partial charge in [-0.15, -0.1) is 0 Å². The summed E-state index contributed by atoms with van der Waals surface area (Å²) < 4.78 is 69.5. The Kier molecular flexibility index (Phi) is 14.9. The van der Waals surface area contributed by atoms with Crippen molar-refractivity contribution in [3.63, 3.8) is 0 Å². The van der Waals surface area contributed by atoms with Crippen LogP contribution in [0, 0.1) is 11.6 Å². The lowest BCUT2D eigenvalue weighted by atomic mass is 9.67. The van der Waals surface area contributed by atoms with Gasteiger partial charge in [0.05, 0.1) is 103 Å². The minimum atomic E-state index is -0.945. The summed E-state index contributed by atoms with van der Waals surface area (Å²) in [5.74, 6) is -2.49. The molecule has 10 rings (SSSR count). The fraction of sp³-hybridized carbons (Fsp3) is 0.620. The second-order valence-electron chi connectivity index (χ2n) is 20.8. The Balaban J connectivity index is 0.000000205. The van der Waals surface area contributed by atoms with E-state index in [4.69, 9.17) is 33.2 Å². The second-order valence-corrected chi connectivity index (χ2v) is 20.8. The molecule has 0 spiro atoms. The fourth-order valence-electron chi connectivity index (χ4n) is 10.1. The van der Waals surface area contributed by atoms with E-state index in [0.29, 0.717) is 85.4 Å². The van der Waals surface area contributed by atoms with Crippen LogP contribution in [0.25, 0.3) is 22.1 Å². The second kappa shape index (κ2) is 20.1. The molecule has 4 aromatic rings. The molecule has 69 heavy (non-hydrogen) atoms. The van der Waals surface area contributed by atoms with Gasteiger partial charge in [0.1, 0.15) is 22.8 Å². The zero-order valence-corrected chi connectivity index (χ0v) is 41.1. The molecule has 4 aromatic heterocycles. The first-order valence-electron chi connectivity index (χ1n) is 23.6. The number of nitrogens with one attached hydrogen (secondary N) is 2. The molecule has 6 fully saturated rings. The van der Waals surface area contributed by atoms with Gasteiger partial charge in [0, 0.05) is 29.2 Å². The van der Waals surface area contributed by atoms with Crippen LogP contribution in [0.1, 0.15) is 136 Å². The van der Waals surface area contributed by atoms with Crippen molar-refractivity contribution in [3.05, 3.63) is 59.4 Å². The number of aliphatic hydroxyl groups is 1. The van der Waals surface area contributed by atoms with Gasteiger partial charge >= 0.3 is 18.2 Å². The van der Waals surface area contributed by atoms with Crippen molar-refractivity contribution in [1.29, 1.82) is 0 Å². The van der Waals surface area contributed by atoms with Gasteiger partial charge in [-0.1, -0.05) is 0 Å². The number of rotatable bonds is 13. The molecule has 0 radical (unpaired) electrons. The van der Waals surface area contributed by atoms with Crippen LogP contribution in [0.4, 0.5) is 18.4 Å². The predicted octanol–water partition coefficient (Wildman–Crippen LogP) is 8.27. The van der Waals surface area contributed by atoms with Crippen LogP contribution in [0.15, 0.2) is 36.7 Å². The monoisotopic (exact) mass is 964 g/mol. The normalized spacial score (nSPS) is 24.9. The first-order chi connectivity index (χ1) is 32.6. The van der Waals surface area contributed by atoms with E-state index in [9.17, 15) is 23.9 Å². The summed E-state index contributed by atoms with van der Waals surface area (Å²) >= 11 is 0. The lowest BCUT2D eigenvalue weighted by molar-refractivity contribution is -0.173. The van der Waals surface area contributed by atoms with Gasteiger partial charge in [0.15, 0.2) is 0 Å². The van der Waals surface area contributed by atoms with Crippen LogP contribution in [0.2, 0.25) is 0 Å². The number of fused-ring (bicyclic) bond motifs is 8. The summed E-state index contributed by atoms with van der Waals surface area (Å²) in [5.41, 5.74) is -1.21. The Bertz CT molecular complexity index is 2480. The number of pyridine rings is 4. The number of esters is 1. The number of aliphatic hydroxyl groups excluding tert-OH is 1. The van der Waals surface area contributed by atoms with Crippen molar-refractivity contribution >= 4 is 40.2 Å². The van der Waals surface area contributed by atoms with Crippen molar-refractivity contribution in [3.8, 4) is 11.8 Å². The Morgan fingerprint density at radius 2 is 1.13 bits per heavy atom. The highest BCUT2D eigenvalue weighted by Gasteiger charge is 2.54. The summed E-state index contributed by atoms with van der Waals surface area (Å²) in [6.45, 7) is 13.2. The number of nitrogens with zero attached hydrogens (tertiary/aromatic N) is 4. The number of alkyl carbamates (subject to hydrolysis) is 2. The van der Waals surface area contributed by atoms with E-state index in [-0.39, 0.29) is 37.3 Å². The molecule has 2 amide bonds. The SMILES string of the molecule is CCOC(=O)C(CC12CCC(NC(=O)OC(C)(C)C)(CC1)CO2)c1c(F)cnc2ccc(OC)nc12.COc1ccc2ncc(F)c(C(CO)CC34CCC(NC(=O)OC(C)(C)C)(CC3)CO4)c2n1. The molecular weight excluding hydrogens is 899 g/mol. The lowest BCUT2D eigenvalue weighted by Gasteiger charge is -2.54. The van der Waals surface area contributed by atoms with E-state index in [2.05, 4.69) is 30.6 Å². The topological polar surface area (TPSA) is 212 Å². The molecule has 4 saturated heterocycles. The molecule has 4 bridgehead atoms. The minimum Gasteiger partial charge on any atom is -0.481 e. The lowest BCUT2D eigenvalue weighted by Crippen LogP contribution is -2.63. The summed E-state index contributed by atoms with van der Waals surface area (Å²) in [5, 5.41) is 16.3. The molecule has 17 nitrogen and oxygen atoms in total. The first-order valence-corrected chi connectivity index (χ1v) is 23.6. The zero-order chi connectivity index (χ0) is 50.0. The molecule has 8 heterocycles. The van der Waals surface area contributed by atoms with Gasteiger partial charge < -0.3 is 48.9 Å². The molecule has 2 unspecified atom stereocenters. The maximum Gasteiger partial charge on any atom is 0.408 e. The minimum absolute atomic E-state index is 0.129. The highest BCUT2D eigenvalue weighted by atomic mass is 19.1. The zero-order valence-electron chi connectivity index (χ0n) is 41.1. The van der Waals surface area contributed by atoms with Crippen molar-refractivity contribution in [2.45, 2.75) is 158 Å². The molecule has 6 aliphatic rings. The maximum absolute atomic E-state index is 15.3. The van der Waals surface area contributed by atoms with Gasteiger partial charge in [0.2, 0.25) is 11.8 Å². The molecule has 376 valence electrons. The summed E-state index contributed by atoms with van der Waals surface area (Å²) in [4.78, 5) is 55.0. The van der Waals surface area contributed by atoms with Crippen LogP contribution >= 0.6 is 0 Å². The number of ether oxygens (including phenoxy) is 7. The van der Waals surface area contributed by atoms with Gasteiger partial charge in [-0.25, -0.2) is 28.3 Å². The molecule has 2 aliphatic carbocycles. The van der Waals surface area contributed by atoms with Crippen LogP contribution < -0.4 is 20.1 Å². The number of hydrogen-bond acceptors (Lipinski definition) is 15. The third kappa shape index (κ3) is 11.7. The van der Waals surface area contributed by atoms with Crippen molar-refractivity contribution < 1.29 is 61.4 Å².